The zero-order valence-corrected chi connectivity index (χ0v) is 43.8. The third kappa shape index (κ3) is 10.2. The molecule has 0 radical (unpaired) electrons. The van der Waals surface area contributed by atoms with Crippen molar-refractivity contribution in [2.75, 3.05) is 44.9 Å². The molecule has 3 aromatic heterocycles. The first-order chi connectivity index (χ1) is 37.7. The molecule has 4 fully saturated rings. The quantitative estimate of drug-likeness (QED) is 0.0636. The number of H-pyrrole nitrogens is 1. The van der Waals surface area contributed by atoms with Gasteiger partial charge in [0, 0.05) is 72.7 Å². The van der Waals surface area contributed by atoms with Gasteiger partial charge in [-0.15, -0.1) is 5.10 Å². The Balaban J connectivity index is 0.885. The first-order valence-electron chi connectivity index (χ1n) is 26.3. The summed E-state index contributed by atoms with van der Waals surface area (Å²) in [6.45, 7) is 8.43. The fourth-order valence-corrected chi connectivity index (χ4v) is 11.0. The number of β-amino-alcohol motifs (C(OH)–C–C–N with tert-alkyl or cyclic N) is 1. The number of piperazine rings is 1. The molecule has 4 aromatic carbocycles. The zero-order chi connectivity index (χ0) is 54.5. The number of likely N-dealkylation sites (tertiary alicyclic amines) is 1. The monoisotopic (exact) mass is 1070 g/mol. The van der Waals surface area contributed by atoms with Gasteiger partial charge < -0.3 is 44.9 Å². The molecule has 3 saturated heterocycles. The maximum Gasteiger partial charge on any atom is 0.319 e. The highest BCUT2D eigenvalue weighted by atomic mass is 19.1. The number of aromatic amines is 1. The number of hydrogen-bond donors (Lipinski definition) is 5. The lowest BCUT2D eigenvalue weighted by molar-refractivity contribution is -0.142. The minimum atomic E-state index is -1.23. The number of hydrogen-bond acceptors (Lipinski definition) is 14. The standard InChI is InChI=1S/C57H60F3N11O7/c1-29(2)52(56(75)70-24-38(73)18-48(70)55(74)63-35(26-72)15-16-39-43(58)7-6-8-44(39)59)71-25-47(67-68-71)34-11-9-32(10-12-34)28-77-53-50(49-31(4)45(60)20-46-42(49)22-62-66-46)40(33-13-14-33)19-41-51(53)64-57(78-27-30(3)76-5)65-54(41)69-23-36-17-37(69)21-61-36/h6-12,19-20,22,25,29-30,33,35-38,48,52,61,72-73H,13-14,17-18,21,23-24,26-28H2,1-5H3,(H,62,66)(H,63,74)/t30-,35+,36-,37-,38+,48-,52-/m0/s1. The molecule has 5 N–H and O–H groups in total. The summed E-state index contributed by atoms with van der Waals surface area (Å²) in [5.74, 6) is 2.56. The van der Waals surface area contributed by atoms with Crippen LogP contribution in [0.4, 0.5) is 19.0 Å². The second kappa shape index (κ2) is 21.6. The number of carbonyl (C=O) groups is 2. The van der Waals surface area contributed by atoms with E-state index >= 15 is 4.39 Å². The molecule has 78 heavy (non-hydrogen) atoms. The van der Waals surface area contributed by atoms with Crippen LogP contribution >= 0.6 is 0 Å². The fraction of sp³-hybridized carbons (Fsp3) is 0.421. The van der Waals surface area contributed by atoms with Gasteiger partial charge in [-0.2, -0.15) is 15.1 Å². The van der Waals surface area contributed by atoms with E-state index in [1.54, 1.807) is 26.4 Å². The number of ether oxygens (including phenoxy) is 3. The number of aromatic nitrogens is 7. The molecular weight excluding hydrogens is 1010 g/mol. The number of nitrogens with zero attached hydrogens (tertiary/aromatic N) is 8. The molecule has 2 amide bonds. The van der Waals surface area contributed by atoms with Gasteiger partial charge in [0.05, 0.1) is 42.3 Å². The largest absolute Gasteiger partial charge is 0.486 e. The smallest absolute Gasteiger partial charge is 0.319 e. The van der Waals surface area contributed by atoms with Crippen LogP contribution in [0.2, 0.25) is 0 Å². The maximum atomic E-state index is 16.1. The Kier molecular flexibility index (Phi) is 14.5. The van der Waals surface area contributed by atoms with Crippen molar-refractivity contribution in [2.24, 2.45) is 5.92 Å². The highest BCUT2D eigenvalue weighted by Crippen LogP contribution is 2.53. The number of methoxy groups -OCH3 is 1. The normalized spacial score (nSPS) is 20.1. The van der Waals surface area contributed by atoms with E-state index in [0.29, 0.717) is 45.2 Å². The Morgan fingerprint density at radius 2 is 1.74 bits per heavy atom. The number of carbonyl (C=O) groups excluding carboxylic acids is 2. The van der Waals surface area contributed by atoms with E-state index in [1.807, 2.05) is 45.0 Å². The van der Waals surface area contributed by atoms with E-state index in [1.165, 1.54) is 21.7 Å². The average Bonchev–Trinajstić information content (AvgIpc) is 4.08. The Morgan fingerprint density at radius 3 is 2.44 bits per heavy atom. The number of benzene rings is 4. The molecule has 21 heteroatoms. The van der Waals surface area contributed by atoms with Crippen molar-refractivity contribution >= 4 is 39.4 Å². The molecule has 4 aliphatic rings. The maximum absolute atomic E-state index is 16.1. The Labute approximate surface area is 447 Å². The van der Waals surface area contributed by atoms with Gasteiger partial charge in [0.25, 0.3) is 0 Å². The number of aliphatic hydroxyl groups is 2. The van der Waals surface area contributed by atoms with Crippen LogP contribution in [0, 0.1) is 42.1 Å². The molecule has 0 unspecified atom stereocenters. The summed E-state index contributed by atoms with van der Waals surface area (Å²) in [6, 6.07) is 11.9. The van der Waals surface area contributed by atoms with Crippen LogP contribution in [-0.4, -0.2) is 138 Å². The van der Waals surface area contributed by atoms with Crippen molar-refractivity contribution in [3.05, 3.63) is 107 Å². The van der Waals surface area contributed by atoms with E-state index in [-0.39, 0.29) is 62.0 Å². The van der Waals surface area contributed by atoms with Gasteiger partial charge in [0.2, 0.25) is 11.8 Å². The summed E-state index contributed by atoms with van der Waals surface area (Å²) in [5.41, 5.74) is 5.43. The predicted molar refractivity (Wildman–Crippen MR) is 283 cm³/mol. The molecule has 406 valence electrons. The van der Waals surface area contributed by atoms with Crippen LogP contribution in [0.5, 0.6) is 11.8 Å². The summed E-state index contributed by atoms with van der Waals surface area (Å²) in [5, 5.41) is 44.6. The molecule has 0 spiro atoms. The van der Waals surface area contributed by atoms with E-state index < -0.39 is 59.8 Å². The van der Waals surface area contributed by atoms with Crippen molar-refractivity contribution in [3.63, 3.8) is 0 Å². The van der Waals surface area contributed by atoms with Crippen molar-refractivity contribution in [3.8, 4) is 46.0 Å². The van der Waals surface area contributed by atoms with Crippen LogP contribution in [0.15, 0.2) is 67.0 Å². The third-order valence-electron chi connectivity index (χ3n) is 15.3. The van der Waals surface area contributed by atoms with E-state index in [4.69, 9.17) is 24.2 Å². The van der Waals surface area contributed by atoms with Crippen LogP contribution < -0.4 is 25.0 Å². The average molecular weight is 1070 g/mol. The molecule has 1 aliphatic carbocycles. The molecule has 7 aromatic rings. The molecular formula is C57H60F3N11O7. The van der Waals surface area contributed by atoms with Gasteiger partial charge in [-0.05, 0) is 85.9 Å². The number of halogens is 3. The molecule has 6 heterocycles. The topological polar surface area (TPSA) is 218 Å². The van der Waals surface area contributed by atoms with Crippen molar-refractivity contribution in [2.45, 2.75) is 108 Å². The third-order valence-corrected chi connectivity index (χ3v) is 15.3. The van der Waals surface area contributed by atoms with Crippen LogP contribution in [0.3, 0.4) is 0 Å². The number of aliphatic hydroxyl groups excluding tert-OH is 2. The number of fused-ring (bicyclic) bond motifs is 4. The van der Waals surface area contributed by atoms with Crippen LogP contribution in [-0.2, 0) is 20.9 Å². The second-order valence-electron chi connectivity index (χ2n) is 21.1. The molecule has 1 saturated carbocycles. The SMILES string of the molecule is CO[C@@H](C)COc1nc(N2C[C@@H]3C[C@H]2CN3)c2cc(C3CC3)c(-c3c(C)c(F)cc4[nH]ncc34)c(OCc3ccc(-c4cn([C@H](C(=O)N5C[C@H](O)C[C@H]5C(=O)N[C@H](C#Cc5c(F)cccc5F)CO)C(C)C)nn4)cc3)c2n1. The first-order valence-corrected chi connectivity index (χ1v) is 26.3. The minimum absolute atomic E-state index is 0.0907. The van der Waals surface area contributed by atoms with E-state index in [9.17, 15) is 28.6 Å². The lowest BCUT2D eigenvalue weighted by Gasteiger charge is -2.30. The van der Waals surface area contributed by atoms with E-state index in [0.717, 1.165) is 77.8 Å². The minimum Gasteiger partial charge on any atom is -0.486 e. The van der Waals surface area contributed by atoms with Crippen molar-refractivity contribution < 1.29 is 47.2 Å². The van der Waals surface area contributed by atoms with Gasteiger partial charge in [-0.3, -0.25) is 14.7 Å². The van der Waals surface area contributed by atoms with Gasteiger partial charge >= 0.3 is 6.01 Å². The fourth-order valence-electron chi connectivity index (χ4n) is 11.0. The number of nitrogens with one attached hydrogen (secondary N) is 3. The molecule has 3 aliphatic heterocycles. The van der Waals surface area contributed by atoms with Crippen LogP contribution in [0.25, 0.3) is 44.2 Å². The lowest BCUT2D eigenvalue weighted by atomic mass is 9.88. The summed E-state index contributed by atoms with van der Waals surface area (Å²) in [6.07, 6.45) is 4.92. The Hall–Kier alpha value is -7.64. The van der Waals surface area contributed by atoms with Crippen molar-refractivity contribution in [1.82, 2.24) is 50.7 Å². The van der Waals surface area contributed by atoms with Crippen molar-refractivity contribution in [1.29, 1.82) is 0 Å². The van der Waals surface area contributed by atoms with Gasteiger partial charge in [0.1, 0.15) is 65.8 Å². The van der Waals surface area contributed by atoms with E-state index in [2.05, 4.69) is 54.0 Å². The summed E-state index contributed by atoms with van der Waals surface area (Å²) >= 11 is 0. The molecule has 11 rings (SSSR count). The zero-order valence-electron chi connectivity index (χ0n) is 43.8. The number of amides is 2. The molecule has 18 nitrogen and oxygen atoms in total. The van der Waals surface area contributed by atoms with Gasteiger partial charge in [-0.25, -0.2) is 17.9 Å². The summed E-state index contributed by atoms with van der Waals surface area (Å²) < 4.78 is 64.9. The lowest BCUT2D eigenvalue weighted by Crippen LogP contribution is -2.51. The summed E-state index contributed by atoms with van der Waals surface area (Å²) in [4.78, 5) is 41.9. The molecule has 2 bridgehead atoms. The Morgan fingerprint density at radius 1 is 0.962 bits per heavy atom. The van der Waals surface area contributed by atoms with Crippen LogP contribution in [0.1, 0.15) is 80.7 Å². The predicted octanol–water partition coefficient (Wildman–Crippen LogP) is 6.27. The van der Waals surface area contributed by atoms with Gasteiger partial charge in [-0.1, -0.05) is 61.2 Å². The second-order valence-corrected chi connectivity index (χ2v) is 21.1. The molecule has 7 atom stereocenters. The number of rotatable bonds is 17. The highest BCUT2D eigenvalue weighted by Gasteiger charge is 2.44. The Bertz CT molecular complexity index is 3470. The van der Waals surface area contributed by atoms with Gasteiger partial charge in [0.15, 0.2) is 5.75 Å². The highest BCUT2D eigenvalue weighted by molar-refractivity contribution is 6.06. The first kappa shape index (κ1) is 52.4. The number of anilines is 1. The summed E-state index contributed by atoms with van der Waals surface area (Å²) in [7, 11) is 1.62.